The van der Waals surface area contributed by atoms with Crippen LogP contribution in [0.15, 0.2) is 30.3 Å². The topological polar surface area (TPSA) is 44.8 Å². The van der Waals surface area contributed by atoms with Crippen LogP contribution < -0.4 is 0 Å². The Bertz CT molecular complexity index is 459. The van der Waals surface area contributed by atoms with Crippen LogP contribution in [0.3, 0.4) is 0 Å². The summed E-state index contributed by atoms with van der Waals surface area (Å²) in [6, 6.07) is 7.66. The Kier molecular flexibility index (Phi) is 3.79. The van der Waals surface area contributed by atoms with Crippen LogP contribution in [-0.4, -0.2) is 26.3 Å². The van der Waals surface area contributed by atoms with Gasteiger partial charge in [0.05, 0.1) is 20.3 Å². The monoisotopic (exact) mass is 248 g/mol. The van der Waals surface area contributed by atoms with Crippen LogP contribution in [0, 0.1) is 0 Å². The molecule has 1 saturated heterocycles. The minimum Gasteiger partial charge on any atom is -0.466 e. The van der Waals surface area contributed by atoms with E-state index in [1.807, 2.05) is 31.2 Å². The lowest BCUT2D eigenvalue weighted by Gasteiger charge is -2.24. The van der Waals surface area contributed by atoms with Crippen molar-refractivity contribution in [3.63, 3.8) is 0 Å². The molecule has 2 rings (SSSR count). The van der Waals surface area contributed by atoms with Gasteiger partial charge >= 0.3 is 5.97 Å². The fourth-order valence-electron chi connectivity index (χ4n) is 1.95. The minimum absolute atomic E-state index is 0.386. The number of hydrogen-bond donors (Lipinski definition) is 0. The predicted octanol–water partition coefficient (Wildman–Crippen LogP) is 2.09. The second-order valence-corrected chi connectivity index (χ2v) is 4.09. The molecule has 0 saturated carbocycles. The van der Waals surface area contributed by atoms with E-state index in [0.29, 0.717) is 13.2 Å². The highest BCUT2D eigenvalue weighted by atomic mass is 16.7. The maximum Gasteiger partial charge on any atom is 0.330 e. The number of carbonyl (C=O) groups is 1. The lowest BCUT2D eigenvalue weighted by Crippen LogP contribution is -2.23. The summed E-state index contributed by atoms with van der Waals surface area (Å²) in [5.41, 5.74) is 1.79. The van der Waals surface area contributed by atoms with Crippen LogP contribution in [0.25, 0.3) is 6.08 Å². The molecule has 4 nitrogen and oxygen atoms in total. The number of esters is 1. The third-order valence-electron chi connectivity index (χ3n) is 2.89. The summed E-state index contributed by atoms with van der Waals surface area (Å²) in [5, 5.41) is 0. The lowest BCUT2D eigenvalue weighted by molar-refractivity contribution is -0.149. The van der Waals surface area contributed by atoms with Gasteiger partial charge in [-0.25, -0.2) is 4.79 Å². The van der Waals surface area contributed by atoms with Crippen molar-refractivity contribution in [2.24, 2.45) is 0 Å². The van der Waals surface area contributed by atoms with Gasteiger partial charge < -0.3 is 14.2 Å². The van der Waals surface area contributed by atoms with Gasteiger partial charge in [-0.1, -0.05) is 24.3 Å². The Morgan fingerprint density at radius 2 is 2.00 bits per heavy atom. The molecule has 0 unspecified atom stereocenters. The first-order valence-electron chi connectivity index (χ1n) is 5.79. The Hall–Kier alpha value is -1.65. The zero-order valence-corrected chi connectivity index (χ0v) is 10.5. The van der Waals surface area contributed by atoms with E-state index in [9.17, 15) is 4.79 Å². The summed E-state index contributed by atoms with van der Waals surface area (Å²) < 4.78 is 15.8. The Balaban J connectivity index is 2.31. The third kappa shape index (κ3) is 2.60. The molecule has 0 spiro atoms. The van der Waals surface area contributed by atoms with Crippen molar-refractivity contribution in [1.82, 2.24) is 0 Å². The van der Waals surface area contributed by atoms with Gasteiger partial charge in [0.25, 0.3) is 0 Å². The highest BCUT2D eigenvalue weighted by molar-refractivity contribution is 5.87. The first kappa shape index (κ1) is 12.8. The maximum absolute atomic E-state index is 11.1. The van der Waals surface area contributed by atoms with E-state index in [-0.39, 0.29) is 5.97 Å². The molecule has 1 aliphatic heterocycles. The smallest absolute Gasteiger partial charge is 0.330 e. The average molecular weight is 248 g/mol. The highest BCUT2D eigenvalue weighted by Gasteiger charge is 2.34. The zero-order chi connectivity index (χ0) is 13.0. The van der Waals surface area contributed by atoms with Gasteiger partial charge in [0.15, 0.2) is 5.79 Å². The van der Waals surface area contributed by atoms with Crippen LogP contribution in [0.4, 0.5) is 0 Å². The van der Waals surface area contributed by atoms with E-state index in [1.165, 1.54) is 13.2 Å². The van der Waals surface area contributed by atoms with Gasteiger partial charge in [0.1, 0.15) is 0 Å². The van der Waals surface area contributed by atoms with Crippen molar-refractivity contribution >= 4 is 12.0 Å². The van der Waals surface area contributed by atoms with Gasteiger partial charge in [-0.05, 0) is 18.6 Å². The first-order valence-corrected chi connectivity index (χ1v) is 5.79. The SMILES string of the molecule is COC(=O)/C=C/c1ccccc1C1(C)OCCO1. The van der Waals surface area contributed by atoms with E-state index < -0.39 is 5.79 Å². The standard InChI is InChI=1S/C14H16O4/c1-14(17-9-10-18-14)12-6-4-3-5-11(12)7-8-13(15)16-2/h3-8H,9-10H2,1-2H3/b8-7+. The van der Waals surface area contributed by atoms with E-state index in [4.69, 9.17) is 9.47 Å². The van der Waals surface area contributed by atoms with Crippen LogP contribution in [0.1, 0.15) is 18.1 Å². The van der Waals surface area contributed by atoms with Gasteiger partial charge in [0, 0.05) is 11.6 Å². The largest absolute Gasteiger partial charge is 0.466 e. The van der Waals surface area contributed by atoms with E-state index in [0.717, 1.165) is 11.1 Å². The molecule has 1 heterocycles. The molecular formula is C14H16O4. The van der Waals surface area contributed by atoms with Crippen molar-refractivity contribution in [2.45, 2.75) is 12.7 Å². The van der Waals surface area contributed by atoms with Crippen LogP contribution in [0.2, 0.25) is 0 Å². The molecule has 1 fully saturated rings. The molecule has 18 heavy (non-hydrogen) atoms. The molecular weight excluding hydrogens is 232 g/mol. The van der Waals surface area contributed by atoms with Gasteiger partial charge in [0.2, 0.25) is 0 Å². The van der Waals surface area contributed by atoms with Gasteiger partial charge in [-0.15, -0.1) is 0 Å². The molecule has 0 N–H and O–H groups in total. The molecule has 0 atom stereocenters. The number of carbonyl (C=O) groups excluding carboxylic acids is 1. The third-order valence-corrected chi connectivity index (χ3v) is 2.89. The molecule has 0 radical (unpaired) electrons. The summed E-state index contributed by atoms with van der Waals surface area (Å²) in [6.45, 7) is 3.03. The minimum atomic E-state index is -0.739. The molecule has 0 aromatic heterocycles. The number of ether oxygens (including phenoxy) is 3. The second-order valence-electron chi connectivity index (χ2n) is 4.09. The van der Waals surface area contributed by atoms with Crippen molar-refractivity contribution < 1.29 is 19.0 Å². The molecule has 4 heteroatoms. The van der Waals surface area contributed by atoms with E-state index >= 15 is 0 Å². The predicted molar refractivity (Wildman–Crippen MR) is 66.7 cm³/mol. The van der Waals surface area contributed by atoms with E-state index in [1.54, 1.807) is 6.08 Å². The van der Waals surface area contributed by atoms with Gasteiger partial charge in [-0.3, -0.25) is 0 Å². The summed E-state index contributed by atoms with van der Waals surface area (Å²) in [4.78, 5) is 11.1. The molecule has 1 aliphatic rings. The molecule has 1 aromatic carbocycles. The maximum atomic E-state index is 11.1. The fraction of sp³-hybridized carbons (Fsp3) is 0.357. The van der Waals surface area contributed by atoms with Crippen molar-refractivity contribution in [3.05, 3.63) is 41.5 Å². The Morgan fingerprint density at radius 3 is 2.67 bits per heavy atom. The Morgan fingerprint density at radius 1 is 1.33 bits per heavy atom. The van der Waals surface area contributed by atoms with Gasteiger partial charge in [-0.2, -0.15) is 0 Å². The lowest BCUT2D eigenvalue weighted by atomic mass is 10.00. The molecule has 0 amide bonds. The zero-order valence-electron chi connectivity index (χ0n) is 10.5. The molecule has 0 aliphatic carbocycles. The van der Waals surface area contributed by atoms with Crippen LogP contribution in [-0.2, 0) is 24.8 Å². The number of hydrogen-bond acceptors (Lipinski definition) is 4. The molecule has 96 valence electrons. The molecule has 1 aromatic rings. The van der Waals surface area contributed by atoms with Crippen LogP contribution >= 0.6 is 0 Å². The van der Waals surface area contributed by atoms with Crippen molar-refractivity contribution in [3.8, 4) is 0 Å². The number of rotatable bonds is 3. The highest BCUT2D eigenvalue weighted by Crippen LogP contribution is 2.33. The summed E-state index contributed by atoms with van der Waals surface area (Å²) in [5.74, 6) is -1.12. The Labute approximate surface area is 106 Å². The van der Waals surface area contributed by atoms with Crippen LogP contribution in [0.5, 0.6) is 0 Å². The van der Waals surface area contributed by atoms with Crippen molar-refractivity contribution in [2.75, 3.05) is 20.3 Å². The summed E-state index contributed by atoms with van der Waals surface area (Å²) >= 11 is 0. The number of benzene rings is 1. The average Bonchev–Trinajstić information content (AvgIpc) is 2.84. The quantitative estimate of drug-likeness (QED) is 0.607. The van der Waals surface area contributed by atoms with E-state index in [2.05, 4.69) is 4.74 Å². The first-order chi connectivity index (χ1) is 8.65. The fourth-order valence-corrected chi connectivity index (χ4v) is 1.95. The second kappa shape index (κ2) is 5.33. The normalized spacial score (nSPS) is 18.1. The molecule has 0 bridgehead atoms. The summed E-state index contributed by atoms with van der Waals surface area (Å²) in [7, 11) is 1.35. The summed E-state index contributed by atoms with van der Waals surface area (Å²) in [6.07, 6.45) is 3.09. The van der Waals surface area contributed by atoms with Crippen molar-refractivity contribution in [1.29, 1.82) is 0 Å². The number of methoxy groups -OCH3 is 1.